The predicted molar refractivity (Wildman–Crippen MR) is 177 cm³/mol. The number of carbonyl (C=O) groups is 2. The number of ketones is 2. The van der Waals surface area contributed by atoms with Gasteiger partial charge in [-0.25, -0.2) is 0 Å². The molecule has 2 rings (SSSR count). The highest BCUT2D eigenvalue weighted by atomic mass is 31.1. The molecule has 0 aliphatic rings. The van der Waals surface area contributed by atoms with E-state index in [1.807, 2.05) is 83.1 Å². The Balaban J connectivity index is 2.02. The summed E-state index contributed by atoms with van der Waals surface area (Å²) in [5.41, 5.74) is 2.20. The first-order chi connectivity index (χ1) is 19.9. The van der Waals surface area contributed by atoms with E-state index in [9.17, 15) is 24.4 Å². The average Bonchev–Trinajstić information content (AvgIpc) is 2.86. The van der Waals surface area contributed by atoms with Crippen LogP contribution >= 0.6 is 8.25 Å². The van der Waals surface area contributed by atoms with Gasteiger partial charge in [-0.15, -0.1) is 9.05 Å². The maximum absolute atomic E-state index is 12.9. The summed E-state index contributed by atoms with van der Waals surface area (Å²) < 4.78 is 22.5. The van der Waals surface area contributed by atoms with Crippen LogP contribution in [0.15, 0.2) is 48.6 Å². The Hall–Kier alpha value is -3.12. The lowest BCUT2D eigenvalue weighted by Crippen LogP contribution is -2.18. The first kappa shape index (κ1) is 37.1. The maximum Gasteiger partial charge on any atom is 0.698 e. The molecule has 2 aromatic rings. The van der Waals surface area contributed by atoms with E-state index in [0.29, 0.717) is 33.4 Å². The Morgan fingerprint density at radius 1 is 0.591 bits per heavy atom. The summed E-state index contributed by atoms with van der Waals surface area (Å²) in [5, 5.41) is 21.8. The molecule has 44 heavy (non-hydrogen) atoms. The molecule has 0 aromatic heterocycles. The van der Waals surface area contributed by atoms with Crippen molar-refractivity contribution in [3.63, 3.8) is 0 Å². The lowest BCUT2D eigenvalue weighted by Gasteiger charge is -2.28. The van der Waals surface area contributed by atoms with Crippen LogP contribution in [0.1, 0.15) is 126 Å². The van der Waals surface area contributed by atoms with Crippen molar-refractivity contribution in [1.82, 2.24) is 0 Å². The van der Waals surface area contributed by atoms with Gasteiger partial charge in [-0.3, -0.25) is 9.59 Å². The highest BCUT2D eigenvalue weighted by Crippen LogP contribution is 2.41. The van der Waals surface area contributed by atoms with Crippen LogP contribution in [-0.4, -0.2) is 35.0 Å². The predicted octanol–water partition coefficient (Wildman–Crippen LogP) is 9.16. The zero-order valence-corrected chi connectivity index (χ0v) is 29.3. The lowest BCUT2D eigenvalue weighted by molar-refractivity contribution is 0.103. The number of phenolic OH excluding ortho intramolecular Hbond substituents is 2. The quantitative estimate of drug-likeness (QED) is 0.154. The standard InChI is InChI=1S/C36H49O7P/c1-33(2,3)25-19-23(20-26(31(25)39)34(4,5)6)29(37)15-13-17-42-44(41)43-18-14-16-30(38)24-21-27(35(7,8)9)32(40)28(22-24)36(10,11)12/h13-16,19-22H,17-18H2,1-12H3,(H-,37,38,39,40)/p+1. The zero-order chi connectivity index (χ0) is 33.8. The van der Waals surface area contributed by atoms with E-state index in [0.717, 1.165) is 0 Å². The minimum Gasteiger partial charge on any atom is -0.507 e. The van der Waals surface area contributed by atoms with Gasteiger partial charge in [0, 0.05) is 37.9 Å². The summed E-state index contributed by atoms with van der Waals surface area (Å²) >= 11 is 0. The zero-order valence-electron chi connectivity index (χ0n) is 28.4. The summed E-state index contributed by atoms with van der Waals surface area (Å²) in [6, 6.07) is 6.84. The van der Waals surface area contributed by atoms with Crippen LogP contribution in [0.2, 0.25) is 0 Å². The largest absolute Gasteiger partial charge is 0.698 e. The van der Waals surface area contributed by atoms with Crippen molar-refractivity contribution in [3.05, 3.63) is 82.0 Å². The molecule has 0 aliphatic carbocycles. The minimum absolute atomic E-state index is 0.113. The van der Waals surface area contributed by atoms with E-state index in [-0.39, 0.29) is 57.9 Å². The van der Waals surface area contributed by atoms with Gasteiger partial charge in [-0.2, -0.15) is 0 Å². The molecular weight excluding hydrogens is 575 g/mol. The van der Waals surface area contributed by atoms with Gasteiger partial charge >= 0.3 is 8.25 Å². The fourth-order valence-corrected chi connectivity index (χ4v) is 5.08. The Morgan fingerprint density at radius 2 is 0.841 bits per heavy atom. The van der Waals surface area contributed by atoms with Crippen molar-refractivity contribution in [1.29, 1.82) is 0 Å². The summed E-state index contributed by atoms with van der Waals surface area (Å²) in [7, 11) is -2.48. The second-order valence-electron chi connectivity index (χ2n) is 15.2. The minimum atomic E-state index is -2.48. The van der Waals surface area contributed by atoms with E-state index >= 15 is 0 Å². The Bertz CT molecular complexity index is 1270. The number of benzene rings is 2. The van der Waals surface area contributed by atoms with Crippen LogP contribution in [-0.2, 0) is 35.3 Å². The fraction of sp³-hybridized carbons (Fsp3) is 0.500. The Morgan fingerprint density at radius 3 is 1.07 bits per heavy atom. The fourth-order valence-electron chi connectivity index (χ4n) is 4.59. The second kappa shape index (κ2) is 13.9. The van der Waals surface area contributed by atoms with Gasteiger partial charge in [-0.1, -0.05) is 83.1 Å². The van der Waals surface area contributed by atoms with Crippen molar-refractivity contribution < 1.29 is 33.4 Å². The van der Waals surface area contributed by atoms with Crippen LogP contribution in [0.4, 0.5) is 0 Å². The van der Waals surface area contributed by atoms with Crippen LogP contribution in [0.25, 0.3) is 0 Å². The molecule has 0 amide bonds. The summed E-state index contributed by atoms with van der Waals surface area (Å²) in [5.74, 6) is -0.126. The van der Waals surface area contributed by atoms with Crippen molar-refractivity contribution in [3.8, 4) is 11.5 Å². The van der Waals surface area contributed by atoms with Gasteiger partial charge in [0.25, 0.3) is 0 Å². The third kappa shape index (κ3) is 9.95. The van der Waals surface area contributed by atoms with Gasteiger partial charge < -0.3 is 10.2 Å². The van der Waals surface area contributed by atoms with Gasteiger partial charge in [0.1, 0.15) is 24.7 Å². The topological polar surface area (TPSA) is 110 Å². The monoisotopic (exact) mass is 625 g/mol. The Labute approximate surface area is 264 Å². The van der Waals surface area contributed by atoms with Gasteiger partial charge in [-0.05, 0) is 70.2 Å². The molecular formula is C36H50O7P+. The molecule has 0 aliphatic heterocycles. The molecule has 0 heterocycles. The highest BCUT2D eigenvalue weighted by Gasteiger charge is 2.29. The molecule has 2 N–H and O–H groups in total. The van der Waals surface area contributed by atoms with Crippen molar-refractivity contribution >= 4 is 19.8 Å². The molecule has 0 saturated heterocycles. The van der Waals surface area contributed by atoms with Gasteiger partial charge in [0.2, 0.25) is 0 Å². The molecule has 0 fully saturated rings. The van der Waals surface area contributed by atoms with E-state index in [4.69, 9.17) is 9.05 Å². The summed E-state index contributed by atoms with van der Waals surface area (Å²) in [6.45, 7) is 23.5. The smallest absolute Gasteiger partial charge is 0.507 e. The molecule has 0 spiro atoms. The Kier molecular flexibility index (Phi) is 11.7. The summed E-state index contributed by atoms with van der Waals surface area (Å²) in [4.78, 5) is 25.9. The molecule has 0 unspecified atom stereocenters. The van der Waals surface area contributed by atoms with E-state index in [1.54, 1.807) is 24.3 Å². The number of rotatable bonds is 10. The van der Waals surface area contributed by atoms with Gasteiger partial charge in [0.15, 0.2) is 11.6 Å². The van der Waals surface area contributed by atoms with Crippen LogP contribution in [0.5, 0.6) is 11.5 Å². The maximum atomic E-state index is 12.9. The van der Waals surface area contributed by atoms with Gasteiger partial charge in [0.05, 0.1) is 0 Å². The molecule has 0 saturated carbocycles. The molecule has 8 heteroatoms. The number of phenols is 2. The first-order valence-electron chi connectivity index (χ1n) is 14.9. The highest BCUT2D eigenvalue weighted by molar-refractivity contribution is 7.33. The molecule has 0 radical (unpaired) electrons. The van der Waals surface area contributed by atoms with E-state index in [2.05, 4.69) is 0 Å². The normalized spacial score (nSPS) is 13.6. The number of allylic oxidation sites excluding steroid dienone is 2. The van der Waals surface area contributed by atoms with E-state index < -0.39 is 8.25 Å². The van der Waals surface area contributed by atoms with Crippen molar-refractivity contribution in [2.75, 3.05) is 13.2 Å². The SMILES string of the molecule is CC(C)(C)c1cc(C(=O)C=CCO[P+](=O)OCC=CC(=O)c2cc(C(C)(C)C)c(O)c(C(C)(C)C)c2)cc(C(C)(C)C)c1O. The number of carbonyl (C=O) groups excluding carboxylic acids is 2. The molecule has 0 atom stereocenters. The average molecular weight is 626 g/mol. The van der Waals surface area contributed by atoms with Crippen LogP contribution in [0.3, 0.4) is 0 Å². The van der Waals surface area contributed by atoms with Crippen LogP contribution in [0, 0.1) is 0 Å². The van der Waals surface area contributed by atoms with E-state index in [1.165, 1.54) is 24.3 Å². The molecule has 0 bridgehead atoms. The molecule has 2 aromatic carbocycles. The first-order valence-corrected chi connectivity index (χ1v) is 15.9. The molecule has 240 valence electrons. The lowest BCUT2D eigenvalue weighted by atomic mass is 9.78. The number of hydrogen-bond donors (Lipinski definition) is 2. The summed E-state index contributed by atoms with van der Waals surface area (Å²) in [6.07, 6.45) is 5.62. The molecule has 7 nitrogen and oxygen atoms in total. The number of hydrogen-bond acceptors (Lipinski definition) is 7. The van der Waals surface area contributed by atoms with Crippen molar-refractivity contribution in [2.24, 2.45) is 0 Å². The second-order valence-corrected chi connectivity index (χ2v) is 16.2. The third-order valence-electron chi connectivity index (χ3n) is 7.11. The third-order valence-corrected chi connectivity index (χ3v) is 7.83. The number of aromatic hydroxyl groups is 2. The van der Waals surface area contributed by atoms with Crippen molar-refractivity contribution in [2.45, 2.75) is 105 Å². The van der Waals surface area contributed by atoms with Crippen LogP contribution < -0.4 is 0 Å².